The Morgan fingerprint density at radius 2 is 1.67 bits per heavy atom. The molecule has 0 aliphatic carbocycles. The number of piperazine rings is 1. The second-order valence-corrected chi connectivity index (χ2v) is 6.28. The van der Waals surface area contributed by atoms with Gasteiger partial charge in [-0.05, 0) is 45.0 Å². The lowest BCUT2D eigenvalue weighted by molar-refractivity contribution is -0.126. The third-order valence-electron chi connectivity index (χ3n) is 3.86. The maximum atomic E-state index is 12.1. The van der Waals surface area contributed by atoms with Crippen molar-refractivity contribution in [2.24, 2.45) is 0 Å². The molecule has 1 saturated heterocycles. The molecule has 0 unspecified atom stereocenters. The van der Waals surface area contributed by atoms with Crippen LogP contribution in [0.3, 0.4) is 0 Å². The molecule has 1 aliphatic heterocycles. The third kappa shape index (κ3) is 4.35. The van der Waals surface area contributed by atoms with E-state index >= 15 is 0 Å². The Kier molecular flexibility index (Phi) is 5.48. The van der Waals surface area contributed by atoms with E-state index in [0.29, 0.717) is 0 Å². The van der Waals surface area contributed by atoms with E-state index in [4.69, 9.17) is 11.6 Å². The van der Waals surface area contributed by atoms with E-state index in [1.54, 1.807) is 0 Å². The van der Waals surface area contributed by atoms with Crippen molar-refractivity contribution < 1.29 is 4.79 Å². The molecule has 1 N–H and O–H groups in total. The fourth-order valence-electron chi connectivity index (χ4n) is 2.59. The fourth-order valence-corrected chi connectivity index (χ4v) is 2.72. The lowest BCUT2D eigenvalue weighted by atomic mass is 10.2. The Balaban J connectivity index is 1.88. The zero-order valence-corrected chi connectivity index (χ0v) is 13.7. The van der Waals surface area contributed by atoms with Crippen molar-refractivity contribution in [3.05, 3.63) is 29.3 Å². The third-order valence-corrected chi connectivity index (χ3v) is 4.12. The van der Waals surface area contributed by atoms with Gasteiger partial charge in [-0.2, -0.15) is 0 Å². The van der Waals surface area contributed by atoms with Crippen molar-refractivity contribution in [2.45, 2.75) is 32.9 Å². The van der Waals surface area contributed by atoms with Crippen LogP contribution in [-0.2, 0) is 4.79 Å². The summed E-state index contributed by atoms with van der Waals surface area (Å²) in [6, 6.07) is 8.05. The number of benzene rings is 1. The summed E-state index contributed by atoms with van der Waals surface area (Å²) in [6.07, 6.45) is 0. The first-order valence-corrected chi connectivity index (χ1v) is 7.90. The highest BCUT2D eigenvalue weighted by atomic mass is 35.5. The van der Waals surface area contributed by atoms with E-state index in [1.807, 2.05) is 45.0 Å². The van der Waals surface area contributed by atoms with Gasteiger partial charge >= 0.3 is 0 Å². The molecule has 0 radical (unpaired) electrons. The Morgan fingerprint density at radius 3 is 2.19 bits per heavy atom. The first-order chi connectivity index (χ1) is 9.97. The molecular formula is C16H24ClN3O. The molecule has 2 rings (SSSR count). The second kappa shape index (κ2) is 7.14. The second-order valence-electron chi connectivity index (χ2n) is 5.84. The molecule has 21 heavy (non-hydrogen) atoms. The van der Waals surface area contributed by atoms with Gasteiger partial charge in [-0.1, -0.05) is 11.6 Å². The van der Waals surface area contributed by atoms with Crippen molar-refractivity contribution in [1.29, 1.82) is 0 Å². The maximum Gasteiger partial charge on any atom is 0.237 e. The summed E-state index contributed by atoms with van der Waals surface area (Å²) in [5.74, 6) is 0.116. The number of nitrogens with one attached hydrogen (secondary N) is 1. The first-order valence-electron chi connectivity index (χ1n) is 7.52. The van der Waals surface area contributed by atoms with Crippen LogP contribution < -0.4 is 10.2 Å². The van der Waals surface area contributed by atoms with Crippen LogP contribution >= 0.6 is 11.6 Å². The highest BCUT2D eigenvalue weighted by Gasteiger charge is 2.25. The summed E-state index contributed by atoms with van der Waals surface area (Å²) in [5, 5.41) is 3.74. The Labute approximate surface area is 132 Å². The molecule has 1 aromatic carbocycles. The number of hydrogen-bond donors (Lipinski definition) is 1. The number of halogens is 1. The minimum Gasteiger partial charge on any atom is -0.369 e. The lowest BCUT2D eigenvalue weighted by Gasteiger charge is -2.38. The van der Waals surface area contributed by atoms with Gasteiger partial charge in [0, 0.05) is 42.9 Å². The largest absolute Gasteiger partial charge is 0.369 e. The molecule has 116 valence electrons. The number of rotatable bonds is 4. The molecule has 4 nitrogen and oxygen atoms in total. The van der Waals surface area contributed by atoms with Crippen LogP contribution in [0.4, 0.5) is 5.69 Å². The Hall–Kier alpha value is -1.26. The number of carbonyl (C=O) groups is 1. The van der Waals surface area contributed by atoms with E-state index in [-0.39, 0.29) is 18.0 Å². The van der Waals surface area contributed by atoms with Crippen LogP contribution in [-0.4, -0.2) is 49.1 Å². The SMILES string of the molecule is CC(C)NC(=O)[C@@H](C)N1CCN(c2ccc(Cl)cc2)CC1. The van der Waals surface area contributed by atoms with Gasteiger partial charge in [0.1, 0.15) is 0 Å². The number of amides is 1. The zero-order chi connectivity index (χ0) is 15.4. The number of hydrogen-bond acceptors (Lipinski definition) is 3. The zero-order valence-electron chi connectivity index (χ0n) is 13.0. The topological polar surface area (TPSA) is 35.6 Å². The van der Waals surface area contributed by atoms with E-state index in [0.717, 1.165) is 31.2 Å². The van der Waals surface area contributed by atoms with Crippen molar-refractivity contribution in [3.8, 4) is 0 Å². The van der Waals surface area contributed by atoms with Crippen molar-refractivity contribution in [1.82, 2.24) is 10.2 Å². The van der Waals surface area contributed by atoms with E-state index in [2.05, 4.69) is 15.1 Å². The van der Waals surface area contributed by atoms with E-state index < -0.39 is 0 Å². The van der Waals surface area contributed by atoms with Gasteiger partial charge in [0.05, 0.1) is 6.04 Å². The number of nitrogens with zero attached hydrogens (tertiary/aromatic N) is 2. The molecular weight excluding hydrogens is 286 g/mol. The average molecular weight is 310 g/mol. The molecule has 5 heteroatoms. The molecule has 1 fully saturated rings. The van der Waals surface area contributed by atoms with Crippen molar-refractivity contribution in [2.75, 3.05) is 31.1 Å². The summed E-state index contributed by atoms with van der Waals surface area (Å²) < 4.78 is 0. The predicted octanol–water partition coefficient (Wildman–Crippen LogP) is 2.38. The standard InChI is InChI=1S/C16H24ClN3O/c1-12(2)18-16(21)13(3)19-8-10-20(11-9-19)15-6-4-14(17)5-7-15/h4-7,12-13H,8-11H2,1-3H3,(H,18,21)/t13-/m1/s1. The average Bonchev–Trinajstić information content (AvgIpc) is 2.47. The van der Waals surface area contributed by atoms with Crippen LogP contribution in [0.15, 0.2) is 24.3 Å². The van der Waals surface area contributed by atoms with Gasteiger partial charge in [0.25, 0.3) is 0 Å². The summed E-state index contributed by atoms with van der Waals surface area (Å²) in [4.78, 5) is 16.6. The summed E-state index contributed by atoms with van der Waals surface area (Å²) in [6.45, 7) is 9.62. The first kappa shape index (κ1) is 16.1. The van der Waals surface area contributed by atoms with Gasteiger partial charge in [-0.15, -0.1) is 0 Å². The van der Waals surface area contributed by atoms with Crippen LogP contribution in [0, 0.1) is 0 Å². The molecule has 1 amide bonds. The van der Waals surface area contributed by atoms with Crippen LogP contribution in [0.1, 0.15) is 20.8 Å². The summed E-state index contributed by atoms with van der Waals surface area (Å²) >= 11 is 5.92. The quantitative estimate of drug-likeness (QED) is 0.927. The molecule has 1 heterocycles. The Morgan fingerprint density at radius 1 is 1.10 bits per heavy atom. The minimum absolute atomic E-state index is 0.0697. The summed E-state index contributed by atoms with van der Waals surface area (Å²) in [7, 11) is 0. The molecule has 0 saturated carbocycles. The van der Waals surface area contributed by atoms with Crippen LogP contribution in [0.25, 0.3) is 0 Å². The fraction of sp³-hybridized carbons (Fsp3) is 0.562. The number of anilines is 1. The highest BCUT2D eigenvalue weighted by molar-refractivity contribution is 6.30. The van der Waals surface area contributed by atoms with Gasteiger partial charge < -0.3 is 10.2 Å². The molecule has 0 bridgehead atoms. The van der Waals surface area contributed by atoms with E-state index in [9.17, 15) is 4.79 Å². The van der Waals surface area contributed by atoms with Crippen molar-refractivity contribution >= 4 is 23.2 Å². The molecule has 0 aromatic heterocycles. The summed E-state index contributed by atoms with van der Waals surface area (Å²) in [5.41, 5.74) is 1.19. The van der Waals surface area contributed by atoms with Gasteiger partial charge in [-0.3, -0.25) is 9.69 Å². The van der Waals surface area contributed by atoms with Gasteiger partial charge in [-0.25, -0.2) is 0 Å². The predicted molar refractivity (Wildman–Crippen MR) is 88.0 cm³/mol. The highest BCUT2D eigenvalue weighted by Crippen LogP contribution is 2.20. The lowest BCUT2D eigenvalue weighted by Crippen LogP contribution is -2.54. The van der Waals surface area contributed by atoms with Gasteiger partial charge in [0.15, 0.2) is 0 Å². The maximum absolute atomic E-state index is 12.1. The Bertz CT molecular complexity index is 467. The van der Waals surface area contributed by atoms with Crippen LogP contribution in [0.5, 0.6) is 0 Å². The normalized spacial score (nSPS) is 17.9. The molecule has 1 aliphatic rings. The molecule has 1 atom stereocenters. The van der Waals surface area contributed by atoms with Gasteiger partial charge in [0.2, 0.25) is 5.91 Å². The van der Waals surface area contributed by atoms with E-state index in [1.165, 1.54) is 5.69 Å². The van der Waals surface area contributed by atoms with Crippen LogP contribution in [0.2, 0.25) is 5.02 Å². The molecule has 0 spiro atoms. The minimum atomic E-state index is -0.0697. The smallest absolute Gasteiger partial charge is 0.237 e. The molecule has 1 aromatic rings. The number of carbonyl (C=O) groups excluding carboxylic acids is 1. The monoisotopic (exact) mass is 309 g/mol. The van der Waals surface area contributed by atoms with Crippen molar-refractivity contribution in [3.63, 3.8) is 0 Å².